The van der Waals surface area contributed by atoms with Crippen molar-refractivity contribution in [1.82, 2.24) is 9.80 Å². The molecule has 1 aromatic rings. The molecule has 0 radical (unpaired) electrons. The van der Waals surface area contributed by atoms with Crippen molar-refractivity contribution in [2.45, 2.75) is 20.3 Å². The minimum atomic E-state index is 0.106. The van der Waals surface area contributed by atoms with Gasteiger partial charge in [-0.3, -0.25) is 9.69 Å². The molecule has 1 N–H and O–H groups in total. The highest BCUT2D eigenvalue weighted by molar-refractivity contribution is 5.78. The molecule has 1 fully saturated rings. The van der Waals surface area contributed by atoms with Gasteiger partial charge in [-0.05, 0) is 37.6 Å². The summed E-state index contributed by atoms with van der Waals surface area (Å²) in [5.41, 5.74) is 2.50. The largest absolute Gasteiger partial charge is 0.395 e. The van der Waals surface area contributed by atoms with Crippen molar-refractivity contribution in [3.05, 3.63) is 29.8 Å². The van der Waals surface area contributed by atoms with Gasteiger partial charge in [0.2, 0.25) is 5.91 Å². The Morgan fingerprint density at radius 3 is 2.57 bits per heavy atom. The van der Waals surface area contributed by atoms with Crippen LogP contribution in [0.2, 0.25) is 0 Å². The van der Waals surface area contributed by atoms with E-state index in [1.807, 2.05) is 9.80 Å². The van der Waals surface area contributed by atoms with E-state index in [-0.39, 0.29) is 12.5 Å². The van der Waals surface area contributed by atoms with Crippen LogP contribution in [0.15, 0.2) is 24.3 Å². The summed E-state index contributed by atoms with van der Waals surface area (Å²) >= 11 is 0. The number of piperazine rings is 1. The van der Waals surface area contributed by atoms with Gasteiger partial charge in [0.15, 0.2) is 0 Å². The van der Waals surface area contributed by atoms with Crippen LogP contribution in [0.1, 0.15) is 18.9 Å². The van der Waals surface area contributed by atoms with Gasteiger partial charge >= 0.3 is 0 Å². The van der Waals surface area contributed by atoms with Gasteiger partial charge in [0.05, 0.1) is 13.2 Å². The van der Waals surface area contributed by atoms with Crippen molar-refractivity contribution in [3.8, 4) is 0 Å². The number of aliphatic hydroxyl groups is 1. The molecule has 0 saturated carbocycles. The van der Waals surface area contributed by atoms with Crippen LogP contribution in [0.4, 0.5) is 5.69 Å². The number of aryl methyl sites for hydroxylation is 1. The highest BCUT2D eigenvalue weighted by Gasteiger charge is 2.22. The molecule has 5 nitrogen and oxygen atoms in total. The molecule has 0 spiro atoms. The van der Waals surface area contributed by atoms with Gasteiger partial charge in [0, 0.05) is 38.4 Å². The van der Waals surface area contributed by atoms with Crippen molar-refractivity contribution in [1.29, 1.82) is 0 Å². The summed E-state index contributed by atoms with van der Waals surface area (Å²) in [6.45, 7) is 9.44. The Balaban J connectivity index is 1.84. The van der Waals surface area contributed by atoms with E-state index in [0.717, 1.165) is 39.1 Å². The van der Waals surface area contributed by atoms with Crippen molar-refractivity contribution >= 4 is 11.6 Å². The van der Waals surface area contributed by atoms with Crippen molar-refractivity contribution in [2.75, 3.05) is 57.3 Å². The van der Waals surface area contributed by atoms with Crippen LogP contribution in [0.3, 0.4) is 0 Å². The Morgan fingerprint density at radius 2 is 1.96 bits per heavy atom. The third-order valence-electron chi connectivity index (χ3n) is 4.31. The maximum atomic E-state index is 12.4. The molecule has 0 aromatic heterocycles. The van der Waals surface area contributed by atoms with Crippen LogP contribution >= 0.6 is 0 Å². The maximum absolute atomic E-state index is 12.4. The summed E-state index contributed by atoms with van der Waals surface area (Å²) in [4.78, 5) is 18.8. The molecular formula is C18H29N3O2. The minimum Gasteiger partial charge on any atom is -0.395 e. The van der Waals surface area contributed by atoms with Gasteiger partial charge in [-0.15, -0.1) is 0 Å². The average Bonchev–Trinajstić information content (AvgIpc) is 2.55. The highest BCUT2D eigenvalue weighted by atomic mass is 16.3. The molecule has 2 rings (SSSR count). The van der Waals surface area contributed by atoms with Crippen LogP contribution in [-0.4, -0.2) is 73.2 Å². The first-order valence-corrected chi connectivity index (χ1v) is 8.56. The first kappa shape index (κ1) is 17.8. The number of anilines is 1. The topological polar surface area (TPSA) is 47.0 Å². The molecule has 128 valence electrons. The fraction of sp³-hybridized carbons (Fsp3) is 0.611. The summed E-state index contributed by atoms with van der Waals surface area (Å²) in [5.74, 6) is 0.177. The molecule has 23 heavy (non-hydrogen) atoms. The normalized spacial score (nSPS) is 15.3. The quantitative estimate of drug-likeness (QED) is 0.824. The Morgan fingerprint density at radius 1 is 1.22 bits per heavy atom. The lowest BCUT2D eigenvalue weighted by Gasteiger charge is -2.37. The van der Waals surface area contributed by atoms with Gasteiger partial charge in [-0.1, -0.05) is 19.1 Å². The SMILES string of the molecule is CCCN(CCO)CC(=O)N1CCN(c2cccc(C)c2)CC1. The van der Waals surface area contributed by atoms with E-state index in [2.05, 4.69) is 43.0 Å². The fourth-order valence-corrected chi connectivity index (χ4v) is 3.06. The number of nitrogens with zero attached hydrogens (tertiary/aromatic N) is 3. The first-order chi connectivity index (χ1) is 11.1. The fourth-order valence-electron chi connectivity index (χ4n) is 3.06. The predicted molar refractivity (Wildman–Crippen MR) is 93.8 cm³/mol. The number of carbonyl (C=O) groups is 1. The molecule has 1 heterocycles. The second-order valence-corrected chi connectivity index (χ2v) is 6.21. The van der Waals surface area contributed by atoms with Crippen molar-refractivity contribution in [2.24, 2.45) is 0 Å². The zero-order valence-electron chi connectivity index (χ0n) is 14.4. The Kier molecular flexibility index (Phi) is 6.86. The Labute approximate surface area is 139 Å². The van der Waals surface area contributed by atoms with Crippen LogP contribution in [0.5, 0.6) is 0 Å². The Hall–Kier alpha value is -1.59. The molecule has 0 aliphatic carbocycles. The van der Waals surface area contributed by atoms with Crippen LogP contribution in [0.25, 0.3) is 0 Å². The number of carbonyl (C=O) groups excluding carboxylic acids is 1. The molecule has 0 bridgehead atoms. The van der Waals surface area contributed by atoms with Crippen molar-refractivity contribution < 1.29 is 9.90 Å². The second kappa shape index (κ2) is 8.89. The summed E-state index contributed by atoms with van der Waals surface area (Å²) in [7, 11) is 0. The number of aliphatic hydroxyl groups excluding tert-OH is 1. The smallest absolute Gasteiger partial charge is 0.236 e. The highest BCUT2D eigenvalue weighted by Crippen LogP contribution is 2.17. The van der Waals surface area contributed by atoms with E-state index in [1.165, 1.54) is 11.3 Å². The number of rotatable bonds is 7. The van der Waals surface area contributed by atoms with Gasteiger partial charge in [0.25, 0.3) is 0 Å². The first-order valence-electron chi connectivity index (χ1n) is 8.56. The lowest BCUT2D eigenvalue weighted by atomic mass is 10.2. The van der Waals surface area contributed by atoms with E-state index < -0.39 is 0 Å². The number of amides is 1. The molecular weight excluding hydrogens is 290 g/mol. The van der Waals surface area contributed by atoms with Gasteiger partial charge in [0.1, 0.15) is 0 Å². The summed E-state index contributed by atoms with van der Waals surface area (Å²) in [6.07, 6.45) is 0.994. The number of hydrogen-bond acceptors (Lipinski definition) is 4. The third kappa shape index (κ3) is 5.22. The molecule has 1 aliphatic heterocycles. The summed E-state index contributed by atoms with van der Waals surface area (Å²) in [5, 5.41) is 9.10. The van der Waals surface area contributed by atoms with Crippen LogP contribution in [-0.2, 0) is 4.79 Å². The van der Waals surface area contributed by atoms with Crippen molar-refractivity contribution in [3.63, 3.8) is 0 Å². The van der Waals surface area contributed by atoms with E-state index in [0.29, 0.717) is 13.1 Å². The van der Waals surface area contributed by atoms with Gasteiger partial charge in [-0.25, -0.2) is 0 Å². The van der Waals surface area contributed by atoms with Gasteiger partial charge < -0.3 is 14.9 Å². The minimum absolute atomic E-state index is 0.106. The second-order valence-electron chi connectivity index (χ2n) is 6.21. The van der Waals surface area contributed by atoms with E-state index >= 15 is 0 Å². The maximum Gasteiger partial charge on any atom is 0.236 e. The zero-order chi connectivity index (χ0) is 16.7. The Bertz CT molecular complexity index is 493. The van der Waals surface area contributed by atoms with Crippen LogP contribution < -0.4 is 4.90 Å². The van der Waals surface area contributed by atoms with Crippen LogP contribution in [0, 0.1) is 6.92 Å². The zero-order valence-corrected chi connectivity index (χ0v) is 14.4. The molecule has 0 unspecified atom stereocenters. The number of benzene rings is 1. The van der Waals surface area contributed by atoms with Gasteiger partial charge in [-0.2, -0.15) is 0 Å². The molecule has 5 heteroatoms. The van der Waals surface area contributed by atoms with E-state index in [9.17, 15) is 4.79 Å². The summed E-state index contributed by atoms with van der Waals surface area (Å²) < 4.78 is 0. The monoisotopic (exact) mass is 319 g/mol. The lowest BCUT2D eigenvalue weighted by Crippen LogP contribution is -2.51. The molecule has 1 aliphatic rings. The average molecular weight is 319 g/mol. The van der Waals surface area contributed by atoms with E-state index in [4.69, 9.17) is 5.11 Å². The molecule has 1 aromatic carbocycles. The van der Waals surface area contributed by atoms with E-state index in [1.54, 1.807) is 0 Å². The molecule has 1 saturated heterocycles. The lowest BCUT2D eigenvalue weighted by molar-refractivity contribution is -0.132. The molecule has 0 atom stereocenters. The summed E-state index contributed by atoms with van der Waals surface area (Å²) in [6, 6.07) is 8.52. The number of hydrogen-bond donors (Lipinski definition) is 1. The predicted octanol–water partition coefficient (Wildman–Crippen LogP) is 1.35. The third-order valence-corrected chi connectivity index (χ3v) is 4.31. The molecule has 1 amide bonds. The standard InChI is InChI=1S/C18H29N3O2/c1-3-7-19(12-13-22)15-18(23)21-10-8-20(9-11-21)17-6-4-5-16(2)14-17/h4-6,14,22H,3,7-13,15H2,1-2H3.